The minimum atomic E-state index is -3.67. The second kappa shape index (κ2) is 8.59. The van der Waals surface area contributed by atoms with Gasteiger partial charge in [-0.25, -0.2) is 12.8 Å². The van der Waals surface area contributed by atoms with E-state index in [0.717, 1.165) is 42.6 Å². The first-order chi connectivity index (χ1) is 13.3. The highest BCUT2D eigenvalue weighted by Gasteiger charge is 2.29. The molecule has 1 aliphatic rings. The van der Waals surface area contributed by atoms with Crippen molar-refractivity contribution in [3.8, 4) is 0 Å². The first-order valence-corrected chi connectivity index (χ1v) is 10.9. The Morgan fingerprint density at radius 1 is 1.18 bits per heavy atom. The average Bonchev–Trinajstić information content (AvgIpc) is 2.65. The van der Waals surface area contributed by atoms with Gasteiger partial charge in [0.1, 0.15) is 5.82 Å². The highest BCUT2D eigenvalue weighted by molar-refractivity contribution is 7.89. The second-order valence-corrected chi connectivity index (χ2v) is 9.35. The molecule has 0 aliphatic carbocycles. The van der Waals surface area contributed by atoms with Crippen molar-refractivity contribution in [2.45, 2.75) is 31.1 Å². The number of nitrogens with one attached hydrogen (secondary N) is 1. The lowest BCUT2D eigenvalue weighted by Gasteiger charge is -2.31. The van der Waals surface area contributed by atoms with Crippen molar-refractivity contribution in [3.05, 3.63) is 58.9 Å². The molecule has 8 heteroatoms. The largest absolute Gasteiger partial charge is 0.326 e. The predicted octanol–water partition coefficient (Wildman–Crippen LogP) is 4.08. The molecule has 150 valence electrons. The number of hydrogen-bond acceptors (Lipinski definition) is 3. The van der Waals surface area contributed by atoms with Gasteiger partial charge in [0, 0.05) is 25.7 Å². The summed E-state index contributed by atoms with van der Waals surface area (Å²) in [6.45, 7) is 2.31. The Morgan fingerprint density at radius 3 is 2.39 bits per heavy atom. The Hall–Kier alpha value is -1.96. The number of anilines is 1. The molecule has 1 saturated heterocycles. The van der Waals surface area contributed by atoms with Crippen molar-refractivity contribution in [2.75, 3.05) is 18.4 Å². The van der Waals surface area contributed by atoms with Gasteiger partial charge in [0.25, 0.3) is 0 Å². The lowest BCUT2D eigenvalue weighted by Crippen LogP contribution is -2.38. The highest BCUT2D eigenvalue weighted by Crippen LogP contribution is 2.28. The van der Waals surface area contributed by atoms with Crippen molar-refractivity contribution in [2.24, 2.45) is 5.92 Å². The first kappa shape index (κ1) is 20.8. The fourth-order valence-corrected chi connectivity index (χ4v) is 5.14. The number of carbonyl (C=O) groups is 1. The van der Waals surface area contributed by atoms with Crippen LogP contribution in [0.4, 0.5) is 10.1 Å². The molecule has 0 saturated carbocycles. The summed E-state index contributed by atoms with van der Waals surface area (Å²) >= 11 is 5.73. The van der Waals surface area contributed by atoms with Crippen molar-refractivity contribution >= 4 is 33.2 Å². The van der Waals surface area contributed by atoms with Gasteiger partial charge in [0.05, 0.1) is 9.92 Å². The summed E-state index contributed by atoms with van der Waals surface area (Å²) < 4.78 is 40.3. The van der Waals surface area contributed by atoms with Crippen LogP contribution in [0.3, 0.4) is 0 Å². The molecule has 1 heterocycles. The van der Waals surface area contributed by atoms with E-state index in [2.05, 4.69) is 5.32 Å². The Bertz CT molecular complexity index is 956. The molecule has 1 fully saturated rings. The van der Waals surface area contributed by atoms with E-state index in [4.69, 9.17) is 11.6 Å². The Labute approximate surface area is 169 Å². The second-order valence-electron chi connectivity index (χ2n) is 7.01. The van der Waals surface area contributed by atoms with Crippen LogP contribution in [-0.2, 0) is 21.2 Å². The molecule has 2 aromatic carbocycles. The number of benzene rings is 2. The van der Waals surface area contributed by atoms with Crippen LogP contribution in [0.5, 0.6) is 0 Å². The smallest absolute Gasteiger partial charge is 0.243 e. The van der Waals surface area contributed by atoms with Crippen molar-refractivity contribution in [1.29, 1.82) is 0 Å². The van der Waals surface area contributed by atoms with Crippen molar-refractivity contribution < 1.29 is 17.6 Å². The molecule has 0 spiro atoms. The summed E-state index contributed by atoms with van der Waals surface area (Å²) in [5, 5.41) is 2.54. The Kier molecular flexibility index (Phi) is 6.37. The fourth-order valence-electron chi connectivity index (χ4n) is 3.40. The zero-order chi connectivity index (χ0) is 20.3. The maximum Gasteiger partial charge on any atom is 0.243 e. The molecule has 0 bridgehead atoms. The third-order valence-electron chi connectivity index (χ3n) is 4.90. The number of nitrogens with zero attached hydrogens (tertiary/aromatic N) is 1. The Balaban J connectivity index is 1.59. The molecule has 0 radical (unpaired) electrons. The topological polar surface area (TPSA) is 66.5 Å². The zero-order valence-corrected chi connectivity index (χ0v) is 17.1. The summed E-state index contributed by atoms with van der Waals surface area (Å²) in [5.74, 6) is -0.359. The molecular formula is C20H22ClFN2O3S. The van der Waals surface area contributed by atoms with Crippen LogP contribution in [0.15, 0.2) is 47.4 Å². The molecule has 1 amide bonds. The van der Waals surface area contributed by atoms with Crippen LogP contribution in [-0.4, -0.2) is 31.7 Å². The fraction of sp³-hybridized carbons (Fsp3) is 0.350. The van der Waals surface area contributed by atoms with Crippen LogP contribution in [0.25, 0.3) is 0 Å². The number of halogens is 2. The van der Waals surface area contributed by atoms with Crippen molar-refractivity contribution in [1.82, 2.24) is 4.31 Å². The Morgan fingerprint density at radius 2 is 1.82 bits per heavy atom. The van der Waals surface area contributed by atoms with Gasteiger partial charge < -0.3 is 5.32 Å². The predicted molar refractivity (Wildman–Crippen MR) is 107 cm³/mol. The molecule has 28 heavy (non-hydrogen) atoms. The quantitative estimate of drug-likeness (QED) is 0.786. The van der Waals surface area contributed by atoms with Crippen LogP contribution < -0.4 is 5.32 Å². The maximum atomic E-state index is 13.3. The molecule has 0 aromatic heterocycles. The van der Waals surface area contributed by atoms with Crippen molar-refractivity contribution in [3.63, 3.8) is 0 Å². The summed E-state index contributed by atoms with van der Waals surface area (Å²) in [6.07, 6.45) is 2.36. The van der Waals surface area contributed by atoms with Gasteiger partial charge in [-0.1, -0.05) is 23.7 Å². The number of sulfonamides is 1. The van der Waals surface area contributed by atoms with Gasteiger partial charge >= 0.3 is 0 Å². The van der Waals surface area contributed by atoms with Gasteiger partial charge in [0.2, 0.25) is 15.9 Å². The molecule has 0 unspecified atom stereocenters. The van der Waals surface area contributed by atoms with Crippen LogP contribution in [0.1, 0.15) is 25.3 Å². The lowest BCUT2D eigenvalue weighted by molar-refractivity contribution is -0.114. The minimum Gasteiger partial charge on any atom is -0.326 e. The number of amides is 1. The molecule has 3 rings (SSSR count). The van der Waals surface area contributed by atoms with E-state index in [0.29, 0.717) is 19.0 Å². The third kappa shape index (κ3) is 4.90. The molecule has 1 N–H and O–H groups in total. The number of rotatable bonds is 5. The van der Waals surface area contributed by atoms with Gasteiger partial charge in [-0.3, -0.25) is 4.79 Å². The van der Waals surface area contributed by atoms with Crippen LogP contribution in [0, 0.1) is 11.7 Å². The monoisotopic (exact) mass is 424 g/mol. The van der Waals surface area contributed by atoms with E-state index in [1.165, 1.54) is 17.3 Å². The van der Waals surface area contributed by atoms with E-state index in [1.807, 2.05) is 24.3 Å². The van der Waals surface area contributed by atoms with Gasteiger partial charge in [0.15, 0.2) is 0 Å². The molecule has 0 atom stereocenters. The molecule has 1 aliphatic heterocycles. The maximum absolute atomic E-state index is 13.3. The summed E-state index contributed by atoms with van der Waals surface area (Å²) in [6, 6.07) is 11.2. The van der Waals surface area contributed by atoms with E-state index < -0.39 is 15.8 Å². The normalized spacial score (nSPS) is 16.1. The van der Waals surface area contributed by atoms with E-state index in [-0.39, 0.29) is 15.8 Å². The van der Waals surface area contributed by atoms with E-state index in [9.17, 15) is 17.6 Å². The standard InChI is InChI=1S/C20H22ClFN2O3S/c1-14(25)23-17-4-2-15(3-5-17)12-16-8-10-24(11-9-16)28(26,27)18-6-7-20(22)19(21)13-18/h2-7,13,16H,8-12H2,1H3,(H,23,25). The van der Waals surface area contributed by atoms with Gasteiger partial charge in [-0.2, -0.15) is 4.31 Å². The average molecular weight is 425 g/mol. The SMILES string of the molecule is CC(=O)Nc1ccc(CC2CCN(S(=O)(=O)c3ccc(F)c(Cl)c3)CC2)cc1. The summed E-state index contributed by atoms with van der Waals surface area (Å²) in [7, 11) is -3.67. The summed E-state index contributed by atoms with van der Waals surface area (Å²) in [4.78, 5) is 11.1. The van der Waals surface area contributed by atoms with Gasteiger partial charge in [-0.05, 0) is 61.1 Å². The van der Waals surface area contributed by atoms with Crippen LogP contribution in [0.2, 0.25) is 5.02 Å². The van der Waals surface area contributed by atoms with E-state index in [1.54, 1.807) is 0 Å². The van der Waals surface area contributed by atoms with Crippen LogP contribution >= 0.6 is 11.6 Å². The first-order valence-electron chi connectivity index (χ1n) is 9.07. The summed E-state index contributed by atoms with van der Waals surface area (Å²) in [5.41, 5.74) is 1.91. The number of carbonyl (C=O) groups excluding carboxylic acids is 1. The lowest BCUT2D eigenvalue weighted by atomic mass is 9.91. The van der Waals surface area contributed by atoms with Gasteiger partial charge in [-0.15, -0.1) is 0 Å². The molecular weight excluding hydrogens is 403 g/mol. The number of hydrogen-bond donors (Lipinski definition) is 1. The minimum absolute atomic E-state index is 0.0194. The third-order valence-corrected chi connectivity index (χ3v) is 7.09. The molecule has 2 aromatic rings. The zero-order valence-electron chi connectivity index (χ0n) is 15.5. The highest BCUT2D eigenvalue weighted by atomic mass is 35.5. The van der Waals surface area contributed by atoms with E-state index >= 15 is 0 Å². The number of piperidine rings is 1. The molecule has 5 nitrogen and oxygen atoms in total.